The van der Waals surface area contributed by atoms with E-state index in [-0.39, 0.29) is 37.0 Å². The molecule has 3 amide bonds. The molecule has 5 rings (SSSR count). The van der Waals surface area contributed by atoms with Gasteiger partial charge in [-0.2, -0.15) is 0 Å². The second kappa shape index (κ2) is 11.8. The number of sulfonamides is 1. The van der Waals surface area contributed by atoms with E-state index in [0.717, 1.165) is 40.8 Å². The van der Waals surface area contributed by atoms with Crippen LogP contribution in [0.3, 0.4) is 0 Å². The van der Waals surface area contributed by atoms with Crippen LogP contribution in [-0.4, -0.2) is 97.1 Å². The maximum Gasteiger partial charge on any atom is 0.320 e. The molecule has 0 unspecified atom stereocenters. The van der Waals surface area contributed by atoms with Gasteiger partial charge in [-0.3, -0.25) is 15.0 Å². The fourth-order valence-electron chi connectivity index (χ4n) is 5.52. The molecule has 12 nitrogen and oxygen atoms in total. The number of ether oxygens (including phenoxy) is 1. The number of hydrogen-bond acceptors (Lipinski definition) is 8. The second-order valence-corrected chi connectivity index (χ2v) is 12.9. The Morgan fingerprint density at radius 2 is 1.71 bits per heavy atom. The van der Waals surface area contributed by atoms with E-state index in [0.29, 0.717) is 18.8 Å². The summed E-state index contributed by atoms with van der Waals surface area (Å²) in [5, 5.41) is 10.1. The van der Waals surface area contributed by atoms with Gasteiger partial charge in [-0.25, -0.2) is 23.4 Å². The number of piperazine rings is 1. The molecule has 2 aliphatic heterocycles. The molecule has 0 radical (unpaired) electrons. The van der Waals surface area contributed by atoms with Crippen molar-refractivity contribution < 1.29 is 28.0 Å². The monoisotopic (exact) mass is 596 g/mol. The zero-order valence-electron chi connectivity index (χ0n) is 24.0. The molecule has 2 aliphatic rings. The quantitative estimate of drug-likeness (QED) is 0.265. The van der Waals surface area contributed by atoms with E-state index in [1.54, 1.807) is 22.5 Å². The van der Waals surface area contributed by atoms with Crippen molar-refractivity contribution in [3.63, 3.8) is 0 Å². The summed E-state index contributed by atoms with van der Waals surface area (Å²) in [6, 6.07) is 13.8. The first kappa shape index (κ1) is 29.7. The average Bonchev–Trinajstić information content (AvgIpc) is 2.95. The van der Waals surface area contributed by atoms with Gasteiger partial charge in [0.25, 0.3) is 0 Å². The SMILES string of the molecule is Cc1cc(COc2ccc(S(=O)(=O)NC3(CC(=O)NO)CN(C(=O)N4CCN(C)CC4)C3)cc2)c2cccc(C)c2n1. The van der Waals surface area contributed by atoms with E-state index in [1.807, 2.05) is 45.2 Å². The lowest BCUT2D eigenvalue weighted by atomic mass is 9.87. The lowest BCUT2D eigenvalue weighted by Crippen LogP contribution is -2.73. The highest BCUT2D eigenvalue weighted by molar-refractivity contribution is 7.89. The van der Waals surface area contributed by atoms with Gasteiger partial charge in [0.2, 0.25) is 15.9 Å². The molecule has 2 fully saturated rings. The molecule has 13 heteroatoms. The minimum atomic E-state index is -4.07. The van der Waals surface area contributed by atoms with Crippen molar-refractivity contribution in [1.29, 1.82) is 0 Å². The maximum atomic E-state index is 13.4. The average molecular weight is 597 g/mol. The summed E-state index contributed by atoms with van der Waals surface area (Å²) in [7, 11) is -2.08. The molecule has 0 saturated carbocycles. The Labute approximate surface area is 245 Å². The lowest BCUT2D eigenvalue weighted by molar-refractivity contribution is -0.132. The highest BCUT2D eigenvalue weighted by Crippen LogP contribution is 2.29. The van der Waals surface area contributed by atoms with Crippen LogP contribution in [0.1, 0.15) is 23.2 Å². The van der Waals surface area contributed by atoms with Gasteiger partial charge >= 0.3 is 6.03 Å². The number of hydroxylamine groups is 1. The van der Waals surface area contributed by atoms with E-state index < -0.39 is 21.5 Å². The number of carbonyl (C=O) groups excluding carboxylic acids is 2. The summed E-state index contributed by atoms with van der Waals surface area (Å²) in [6.45, 7) is 6.90. The minimum Gasteiger partial charge on any atom is -0.489 e. The number of likely N-dealkylation sites (tertiary alicyclic amines) is 1. The highest BCUT2D eigenvalue weighted by Gasteiger charge is 2.50. The highest BCUT2D eigenvalue weighted by atomic mass is 32.2. The first-order valence-electron chi connectivity index (χ1n) is 13.8. The summed E-state index contributed by atoms with van der Waals surface area (Å²) in [5.41, 5.74) is 4.17. The van der Waals surface area contributed by atoms with Crippen LogP contribution < -0.4 is 14.9 Å². The minimum absolute atomic E-state index is 0.00476. The number of carbonyl (C=O) groups is 2. The normalized spacial score (nSPS) is 17.1. The van der Waals surface area contributed by atoms with E-state index >= 15 is 0 Å². The zero-order chi connectivity index (χ0) is 30.1. The molecule has 1 aromatic heterocycles. The third-order valence-electron chi connectivity index (χ3n) is 7.79. The zero-order valence-corrected chi connectivity index (χ0v) is 24.8. The summed E-state index contributed by atoms with van der Waals surface area (Å²) < 4.78 is 35.3. The van der Waals surface area contributed by atoms with Gasteiger partial charge in [-0.15, -0.1) is 0 Å². The number of amides is 3. The van der Waals surface area contributed by atoms with Gasteiger partial charge in [-0.1, -0.05) is 18.2 Å². The summed E-state index contributed by atoms with van der Waals surface area (Å²) in [4.78, 5) is 35.0. The number of benzene rings is 2. The summed E-state index contributed by atoms with van der Waals surface area (Å²) >= 11 is 0. The van der Waals surface area contributed by atoms with Gasteiger partial charge in [0.15, 0.2) is 0 Å². The number of hydrogen-bond donors (Lipinski definition) is 3. The molecule has 224 valence electrons. The van der Waals surface area contributed by atoms with Crippen molar-refractivity contribution in [1.82, 2.24) is 29.9 Å². The third kappa shape index (κ3) is 6.33. The first-order chi connectivity index (χ1) is 20.0. The number of rotatable bonds is 8. The van der Waals surface area contributed by atoms with Crippen molar-refractivity contribution in [2.75, 3.05) is 46.3 Å². The van der Waals surface area contributed by atoms with Crippen molar-refractivity contribution in [2.24, 2.45) is 0 Å². The first-order valence-corrected chi connectivity index (χ1v) is 15.2. The van der Waals surface area contributed by atoms with Crippen LogP contribution >= 0.6 is 0 Å². The van der Waals surface area contributed by atoms with Gasteiger partial charge in [0, 0.05) is 55.9 Å². The molecule has 0 spiro atoms. The molecule has 0 atom stereocenters. The third-order valence-corrected chi connectivity index (χ3v) is 9.38. The molecule has 3 aromatic rings. The van der Waals surface area contributed by atoms with Crippen LogP contribution in [0.25, 0.3) is 10.9 Å². The number of aryl methyl sites for hydroxylation is 2. The number of nitrogens with zero attached hydrogens (tertiary/aromatic N) is 4. The van der Waals surface area contributed by atoms with Crippen LogP contribution in [0.5, 0.6) is 5.75 Å². The molecule has 3 heterocycles. The van der Waals surface area contributed by atoms with Gasteiger partial charge in [0.05, 0.1) is 22.4 Å². The standard InChI is InChI=1S/C29H36N6O6S/c1-20-5-4-6-25-22(15-21(2)30-27(20)25)17-41-23-7-9-24(10-8-23)42(39,40)32-29(16-26(36)31-38)18-35(19-29)28(37)34-13-11-33(3)12-14-34/h4-10,15,32,38H,11-14,16-19H2,1-3H3,(H,31,36). The molecule has 0 bridgehead atoms. The van der Waals surface area contributed by atoms with Crippen molar-refractivity contribution >= 4 is 32.9 Å². The lowest BCUT2D eigenvalue weighted by Gasteiger charge is -2.51. The number of aromatic nitrogens is 1. The number of pyridine rings is 1. The number of likely N-dealkylation sites (N-methyl/N-ethyl adjacent to an activating group) is 1. The van der Waals surface area contributed by atoms with Crippen molar-refractivity contribution in [3.8, 4) is 5.75 Å². The molecule has 2 aromatic carbocycles. The molecular formula is C29H36N6O6S. The van der Waals surface area contributed by atoms with Gasteiger partial charge < -0.3 is 19.4 Å². The number of nitrogens with one attached hydrogen (secondary N) is 2. The number of para-hydroxylation sites is 1. The van der Waals surface area contributed by atoms with E-state index in [1.165, 1.54) is 17.0 Å². The Balaban J connectivity index is 1.26. The molecule has 42 heavy (non-hydrogen) atoms. The van der Waals surface area contributed by atoms with Crippen LogP contribution in [-0.2, 0) is 21.4 Å². The molecule has 0 aliphatic carbocycles. The topological polar surface area (TPSA) is 144 Å². The van der Waals surface area contributed by atoms with Gasteiger partial charge in [-0.05, 0) is 56.8 Å². The maximum absolute atomic E-state index is 13.4. The molecule has 2 saturated heterocycles. The van der Waals surface area contributed by atoms with Crippen LogP contribution in [0.15, 0.2) is 53.4 Å². The second-order valence-electron chi connectivity index (χ2n) is 11.2. The fraction of sp³-hybridized carbons (Fsp3) is 0.414. The van der Waals surface area contributed by atoms with Crippen molar-refractivity contribution in [3.05, 3.63) is 65.4 Å². The Morgan fingerprint density at radius 3 is 2.38 bits per heavy atom. The van der Waals surface area contributed by atoms with E-state index in [9.17, 15) is 18.0 Å². The number of fused-ring (bicyclic) bond motifs is 1. The smallest absolute Gasteiger partial charge is 0.320 e. The van der Waals surface area contributed by atoms with E-state index in [4.69, 9.17) is 9.94 Å². The fourth-order valence-corrected chi connectivity index (χ4v) is 6.90. The Morgan fingerprint density at radius 1 is 1.02 bits per heavy atom. The van der Waals surface area contributed by atoms with Gasteiger partial charge in [0.1, 0.15) is 12.4 Å². The largest absolute Gasteiger partial charge is 0.489 e. The molecule has 3 N–H and O–H groups in total. The van der Waals surface area contributed by atoms with E-state index in [2.05, 4.69) is 14.6 Å². The van der Waals surface area contributed by atoms with Crippen LogP contribution in [0, 0.1) is 13.8 Å². The predicted molar refractivity (Wildman–Crippen MR) is 156 cm³/mol. The predicted octanol–water partition coefficient (Wildman–Crippen LogP) is 2.03. The Hall–Kier alpha value is -3.78. The summed E-state index contributed by atoms with van der Waals surface area (Å²) in [6.07, 6.45) is -0.324. The Bertz CT molecular complexity index is 1580. The van der Waals surface area contributed by atoms with Crippen molar-refractivity contribution in [2.45, 2.75) is 37.3 Å². The Kier molecular flexibility index (Phi) is 8.37. The van der Waals surface area contributed by atoms with Crippen LogP contribution in [0.4, 0.5) is 4.79 Å². The summed E-state index contributed by atoms with van der Waals surface area (Å²) in [5.74, 6) is -0.256. The molecular weight excluding hydrogens is 560 g/mol. The van der Waals surface area contributed by atoms with Crippen LogP contribution in [0.2, 0.25) is 0 Å². The number of urea groups is 1.